The molecule has 0 spiro atoms. The van der Waals surface area contributed by atoms with Gasteiger partial charge in [-0.15, -0.1) is 0 Å². The predicted octanol–water partition coefficient (Wildman–Crippen LogP) is 3.86. The lowest BCUT2D eigenvalue weighted by molar-refractivity contribution is 0.126. The van der Waals surface area contributed by atoms with Crippen LogP contribution in [-0.4, -0.2) is 29.2 Å². The van der Waals surface area contributed by atoms with Gasteiger partial charge in [-0.2, -0.15) is 0 Å². The standard InChI is InChI=1S/C15H26ClN3O/c1-6-8-13-18-14(16)11(5)15(19-13)17-12(10(3)4)9-20-7-2/h10,12H,6-9H2,1-5H3,(H,17,18,19). The van der Waals surface area contributed by atoms with E-state index in [0.717, 1.165) is 36.7 Å². The van der Waals surface area contributed by atoms with E-state index in [1.807, 2.05) is 13.8 Å². The lowest BCUT2D eigenvalue weighted by Gasteiger charge is -2.24. The van der Waals surface area contributed by atoms with Crippen LogP contribution in [0.3, 0.4) is 0 Å². The number of nitrogens with one attached hydrogen (secondary N) is 1. The molecule has 1 N–H and O–H groups in total. The second-order valence-electron chi connectivity index (χ2n) is 5.31. The summed E-state index contributed by atoms with van der Waals surface area (Å²) in [5.74, 6) is 2.07. The van der Waals surface area contributed by atoms with Gasteiger partial charge in [0, 0.05) is 18.6 Å². The van der Waals surface area contributed by atoms with Crippen molar-refractivity contribution < 1.29 is 4.74 Å². The van der Waals surface area contributed by atoms with Crippen LogP contribution in [0.5, 0.6) is 0 Å². The lowest BCUT2D eigenvalue weighted by Crippen LogP contribution is -2.32. The zero-order chi connectivity index (χ0) is 15.1. The molecular formula is C15H26ClN3O. The van der Waals surface area contributed by atoms with Crippen LogP contribution in [0.15, 0.2) is 0 Å². The topological polar surface area (TPSA) is 47.0 Å². The number of rotatable bonds is 8. The Hall–Kier alpha value is -0.870. The molecule has 0 aliphatic rings. The van der Waals surface area contributed by atoms with Crippen LogP contribution in [0.2, 0.25) is 5.15 Å². The first-order valence-corrected chi connectivity index (χ1v) is 7.74. The molecule has 1 rings (SSSR count). The maximum atomic E-state index is 6.20. The number of aromatic nitrogens is 2. The maximum Gasteiger partial charge on any atom is 0.137 e. The fraction of sp³-hybridized carbons (Fsp3) is 0.733. The molecule has 1 unspecified atom stereocenters. The fourth-order valence-corrected chi connectivity index (χ4v) is 2.02. The first-order valence-electron chi connectivity index (χ1n) is 7.36. The van der Waals surface area contributed by atoms with Crippen LogP contribution < -0.4 is 5.32 Å². The van der Waals surface area contributed by atoms with Gasteiger partial charge in [-0.1, -0.05) is 32.4 Å². The van der Waals surface area contributed by atoms with Gasteiger partial charge in [0.15, 0.2) is 0 Å². The van der Waals surface area contributed by atoms with E-state index in [1.54, 1.807) is 0 Å². The zero-order valence-corrected chi connectivity index (χ0v) is 13.9. The van der Waals surface area contributed by atoms with Crippen molar-refractivity contribution in [3.05, 3.63) is 16.5 Å². The monoisotopic (exact) mass is 299 g/mol. The smallest absolute Gasteiger partial charge is 0.137 e. The van der Waals surface area contributed by atoms with Crippen LogP contribution in [0.1, 0.15) is 45.5 Å². The van der Waals surface area contributed by atoms with Gasteiger partial charge < -0.3 is 10.1 Å². The van der Waals surface area contributed by atoms with Crippen molar-refractivity contribution in [2.24, 2.45) is 5.92 Å². The molecule has 4 nitrogen and oxygen atoms in total. The molecule has 0 saturated carbocycles. The lowest BCUT2D eigenvalue weighted by atomic mass is 10.1. The van der Waals surface area contributed by atoms with E-state index >= 15 is 0 Å². The molecule has 0 aromatic carbocycles. The quantitative estimate of drug-likeness (QED) is 0.740. The molecule has 0 radical (unpaired) electrons. The Morgan fingerprint density at radius 1 is 1.25 bits per heavy atom. The molecule has 0 aliphatic heterocycles. The molecule has 0 amide bonds. The Kier molecular flexibility index (Phi) is 7.24. The van der Waals surface area contributed by atoms with Crippen molar-refractivity contribution >= 4 is 17.4 Å². The minimum atomic E-state index is 0.217. The van der Waals surface area contributed by atoms with Crippen molar-refractivity contribution in [2.75, 3.05) is 18.5 Å². The number of hydrogen-bond donors (Lipinski definition) is 1. The molecule has 0 bridgehead atoms. The largest absolute Gasteiger partial charge is 0.380 e. The summed E-state index contributed by atoms with van der Waals surface area (Å²) in [5.41, 5.74) is 0.897. The highest BCUT2D eigenvalue weighted by molar-refractivity contribution is 6.30. The van der Waals surface area contributed by atoms with Crippen LogP contribution in [-0.2, 0) is 11.2 Å². The van der Waals surface area contributed by atoms with Gasteiger partial charge in [-0.3, -0.25) is 0 Å². The van der Waals surface area contributed by atoms with E-state index in [0.29, 0.717) is 17.7 Å². The van der Waals surface area contributed by atoms with E-state index < -0.39 is 0 Å². The summed E-state index contributed by atoms with van der Waals surface area (Å²) in [6.07, 6.45) is 1.85. The van der Waals surface area contributed by atoms with Gasteiger partial charge in [0.2, 0.25) is 0 Å². The Balaban J connectivity index is 2.92. The third-order valence-corrected chi connectivity index (χ3v) is 3.60. The molecule has 1 aromatic rings. The molecule has 114 valence electrons. The highest BCUT2D eigenvalue weighted by atomic mass is 35.5. The number of halogens is 1. The molecule has 1 atom stereocenters. The average molecular weight is 300 g/mol. The first kappa shape index (κ1) is 17.2. The summed E-state index contributed by atoms with van der Waals surface area (Å²) in [4.78, 5) is 8.91. The van der Waals surface area contributed by atoms with Crippen molar-refractivity contribution in [1.29, 1.82) is 0 Å². The van der Waals surface area contributed by atoms with Gasteiger partial charge in [-0.25, -0.2) is 9.97 Å². The first-order chi connectivity index (χ1) is 9.49. The summed E-state index contributed by atoms with van der Waals surface area (Å²) in [5, 5.41) is 3.99. The van der Waals surface area contributed by atoms with E-state index in [-0.39, 0.29) is 6.04 Å². The zero-order valence-electron chi connectivity index (χ0n) is 13.2. The molecule has 0 aliphatic carbocycles. The molecule has 1 aromatic heterocycles. The SMILES string of the molecule is CCCc1nc(Cl)c(C)c(NC(COCC)C(C)C)n1. The summed E-state index contributed by atoms with van der Waals surface area (Å²) in [6.45, 7) is 11.8. The van der Waals surface area contributed by atoms with Crippen LogP contribution in [0.4, 0.5) is 5.82 Å². The molecule has 20 heavy (non-hydrogen) atoms. The van der Waals surface area contributed by atoms with Gasteiger partial charge in [0.05, 0.1) is 12.6 Å². The van der Waals surface area contributed by atoms with Gasteiger partial charge in [0.1, 0.15) is 16.8 Å². The van der Waals surface area contributed by atoms with E-state index in [1.165, 1.54) is 0 Å². The normalized spacial score (nSPS) is 12.8. The van der Waals surface area contributed by atoms with E-state index in [4.69, 9.17) is 16.3 Å². The van der Waals surface area contributed by atoms with Crippen molar-refractivity contribution in [2.45, 2.75) is 53.5 Å². The molecule has 0 saturated heterocycles. The third kappa shape index (κ3) is 4.91. The van der Waals surface area contributed by atoms with Crippen LogP contribution in [0, 0.1) is 12.8 Å². The number of nitrogens with zero attached hydrogens (tertiary/aromatic N) is 2. The van der Waals surface area contributed by atoms with Crippen molar-refractivity contribution in [3.63, 3.8) is 0 Å². The second kappa shape index (κ2) is 8.42. The summed E-state index contributed by atoms with van der Waals surface area (Å²) in [6, 6.07) is 0.217. The predicted molar refractivity (Wildman–Crippen MR) is 84.5 cm³/mol. The summed E-state index contributed by atoms with van der Waals surface area (Å²) >= 11 is 6.20. The van der Waals surface area contributed by atoms with Crippen molar-refractivity contribution in [1.82, 2.24) is 9.97 Å². The average Bonchev–Trinajstić information content (AvgIpc) is 2.39. The Morgan fingerprint density at radius 2 is 1.95 bits per heavy atom. The number of hydrogen-bond acceptors (Lipinski definition) is 4. The van der Waals surface area contributed by atoms with Gasteiger partial charge in [-0.05, 0) is 26.2 Å². The molecule has 0 fully saturated rings. The maximum absolute atomic E-state index is 6.20. The van der Waals surface area contributed by atoms with E-state index in [9.17, 15) is 0 Å². The van der Waals surface area contributed by atoms with E-state index in [2.05, 4.69) is 36.1 Å². The summed E-state index contributed by atoms with van der Waals surface area (Å²) < 4.78 is 5.54. The Morgan fingerprint density at radius 3 is 2.50 bits per heavy atom. The molecule has 5 heteroatoms. The van der Waals surface area contributed by atoms with Gasteiger partial charge >= 0.3 is 0 Å². The molecule has 1 heterocycles. The molecular weight excluding hydrogens is 274 g/mol. The van der Waals surface area contributed by atoms with Crippen LogP contribution >= 0.6 is 11.6 Å². The summed E-state index contributed by atoms with van der Waals surface area (Å²) in [7, 11) is 0. The fourth-order valence-electron chi connectivity index (χ4n) is 1.83. The Labute approximate surface area is 127 Å². The second-order valence-corrected chi connectivity index (χ2v) is 5.67. The third-order valence-electron chi connectivity index (χ3n) is 3.23. The Bertz CT molecular complexity index is 424. The highest BCUT2D eigenvalue weighted by Gasteiger charge is 2.17. The minimum absolute atomic E-state index is 0.217. The van der Waals surface area contributed by atoms with Crippen LogP contribution in [0.25, 0.3) is 0 Å². The minimum Gasteiger partial charge on any atom is -0.380 e. The van der Waals surface area contributed by atoms with Gasteiger partial charge in [0.25, 0.3) is 0 Å². The number of aryl methyl sites for hydroxylation is 1. The highest BCUT2D eigenvalue weighted by Crippen LogP contribution is 2.22. The number of ether oxygens (including phenoxy) is 1. The number of anilines is 1. The van der Waals surface area contributed by atoms with Crippen molar-refractivity contribution in [3.8, 4) is 0 Å².